The second kappa shape index (κ2) is 8.37. The number of anilines is 2. The molecule has 0 amide bonds. The number of benzene rings is 1. The molecule has 3 N–H and O–H groups in total. The standard InChI is InChI=1S/C23H25FN4O3/c1-13(29)16-12-28(15-8-9-15)21-17(22(16)30)19(25)18(24)20(23(21)31-2)27-11-5-7-14-6-3-4-10-26-14/h3-4,6,10,12,15,27H,5,7-9,11,25H2,1-2H3. The van der Waals surface area contributed by atoms with Crippen molar-refractivity contribution in [3.63, 3.8) is 0 Å². The van der Waals surface area contributed by atoms with Crippen LogP contribution in [-0.2, 0) is 6.42 Å². The van der Waals surface area contributed by atoms with Gasteiger partial charge in [0.25, 0.3) is 0 Å². The summed E-state index contributed by atoms with van der Waals surface area (Å²) in [4.78, 5) is 29.3. The van der Waals surface area contributed by atoms with Crippen molar-refractivity contribution in [2.24, 2.45) is 0 Å². The first-order chi connectivity index (χ1) is 14.9. The van der Waals surface area contributed by atoms with Crippen molar-refractivity contribution in [2.45, 2.75) is 38.6 Å². The van der Waals surface area contributed by atoms with Gasteiger partial charge in [0.05, 0.1) is 29.3 Å². The normalized spacial score (nSPS) is 13.4. The van der Waals surface area contributed by atoms with Crippen molar-refractivity contribution in [3.05, 3.63) is 57.9 Å². The maximum absolute atomic E-state index is 15.3. The Morgan fingerprint density at radius 2 is 2.16 bits per heavy atom. The van der Waals surface area contributed by atoms with Crippen LogP contribution in [0.3, 0.4) is 0 Å². The first-order valence-corrected chi connectivity index (χ1v) is 10.3. The molecule has 162 valence electrons. The number of hydrogen-bond acceptors (Lipinski definition) is 6. The molecule has 1 aromatic carbocycles. The van der Waals surface area contributed by atoms with Gasteiger partial charge < -0.3 is 20.4 Å². The van der Waals surface area contributed by atoms with E-state index in [1.54, 1.807) is 12.4 Å². The summed E-state index contributed by atoms with van der Waals surface area (Å²) in [6.45, 7) is 1.79. The Bertz CT molecular complexity index is 1200. The molecule has 7 nitrogen and oxygen atoms in total. The number of nitrogens with zero attached hydrogens (tertiary/aromatic N) is 2. The Hall–Kier alpha value is -3.42. The Labute approximate surface area is 179 Å². The zero-order chi connectivity index (χ0) is 22.1. The average Bonchev–Trinajstić information content (AvgIpc) is 3.60. The number of ether oxygens (including phenoxy) is 1. The zero-order valence-electron chi connectivity index (χ0n) is 17.6. The van der Waals surface area contributed by atoms with Gasteiger partial charge in [-0.2, -0.15) is 0 Å². The fraction of sp³-hybridized carbons (Fsp3) is 0.348. The lowest BCUT2D eigenvalue weighted by Gasteiger charge is -2.20. The van der Waals surface area contributed by atoms with Crippen LogP contribution in [0, 0.1) is 5.82 Å². The third-order valence-electron chi connectivity index (χ3n) is 5.56. The molecule has 0 atom stereocenters. The topological polar surface area (TPSA) is 99.2 Å². The number of methoxy groups -OCH3 is 1. The summed E-state index contributed by atoms with van der Waals surface area (Å²) < 4.78 is 22.7. The van der Waals surface area contributed by atoms with E-state index in [1.165, 1.54) is 14.0 Å². The zero-order valence-corrected chi connectivity index (χ0v) is 17.6. The number of fused-ring (bicyclic) bond motifs is 1. The number of nitrogens with one attached hydrogen (secondary N) is 1. The predicted molar refractivity (Wildman–Crippen MR) is 118 cm³/mol. The molecule has 2 aromatic heterocycles. The van der Waals surface area contributed by atoms with Crippen LogP contribution in [0.4, 0.5) is 15.8 Å². The van der Waals surface area contributed by atoms with Crippen molar-refractivity contribution in [1.29, 1.82) is 0 Å². The lowest BCUT2D eigenvalue weighted by atomic mass is 10.0. The van der Waals surface area contributed by atoms with Crippen LogP contribution in [0.1, 0.15) is 48.3 Å². The van der Waals surface area contributed by atoms with Crippen LogP contribution in [0.25, 0.3) is 10.9 Å². The van der Waals surface area contributed by atoms with Gasteiger partial charge in [-0.05, 0) is 44.7 Å². The highest BCUT2D eigenvalue weighted by Crippen LogP contribution is 2.44. The number of halogens is 1. The van der Waals surface area contributed by atoms with E-state index in [1.807, 2.05) is 22.8 Å². The van der Waals surface area contributed by atoms with Gasteiger partial charge in [-0.3, -0.25) is 14.6 Å². The molecule has 3 aromatic rings. The second-order valence-electron chi connectivity index (χ2n) is 7.78. The summed E-state index contributed by atoms with van der Waals surface area (Å²) in [6, 6.07) is 5.85. The molecule has 0 radical (unpaired) electrons. The van der Waals surface area contributed by atoms with E-state index in [9.17, 15) is 9.59 Å². The minimum Gasteiger partial charge on any atom is -0.492 e. The summed E-state index contributed by atoms with van der Waals surface area (Å²) in [5.41, 5.74) is 6.75. The number of rotatable bonds is 8. The number of nitrogens with two attached hydrogens (primary N) is 1. The molecule has 8 heteroatoms. The van der Waals surface area contributed by atoms with Crippen molar-refractivity contribution in [2.75, 3.05) is 24.7 Å². The molecule has 0 aliphatic heterocycles. The second-order valence-corrected chi connectivity index (χ2v) is 7.78. The van der Waals surface area contributed by atoms with E-state index in [0.717, 1.165) is 31.4 Å². The minimum atomic E-state index is -0.748. The Morgan fingerprint density at radius 1 is 1.39 bits per heavy atom. The monoisotopic (exact) mass is 424 g/mol. The fourth-order valence-corrected chi connectivity index (χ4v) is 3.85. The highest BCUT2D eigenvalue weighted by atomic mass is 19.1. The average molecular weight is 424 g/mol. The largest absolute Gasteiger partial charge is 0.492 e. The summed E-state index contributed by atoms with van der Waals surface area (Å²) >= 11 is 0. The maximum atomic E-state index is 15.3. The molecule has 0 unspecified atom stereocenters. The van der Waals surface area contributed by atoms with Crippen LogP contribution < -0.4 is 21.2 Å². The van der Waals surface area contributed by atoms with Gasteiger partial charge >= 0.3 is 0 Å². The van der Waals surface area contributed by atoms with Crippen LogP contribution in [0.5, 0.6) is 5.75 Å². The third-order valence-corrected chi connectivity index (χ3v) is 5.56. The van der Waals surface area contributed by atoms with E-state index in [0.29, 0.717) is 12.1 Å². The minimum absolute atomic E-state index is 0.00335. The summed E-state index contributed by atoms with van der Waals surface area (Å²) in [5, 5.41) is 3.08. The number of carbonyl (C=O) groups is 1. The number of carbonyl (C=O) groups excluding carboxylic acids is 1. The summed E-state index contributed by atoms with van der Waals surface area (Å²) in [7, 11) is 1.43. The number of Topliss-reactive ketones (excluding diaryl/α,β-unsaturated/α-hetero) is 1. The molecule has 31 heavy (non-hydrogen) atoms. The van der Waals surface area contributed by atoms with Gasteiger partial charge in [0.15, 0.2) is 17.3 Å². The quantitative estimate of drug-likeness (QED) is 0.325. The van der Waals surface area contributed by atoms with Crippen molar-refractivity contribution in [3.8, 4) is 5.75 Å². The maximum Gasteiger partial charge on any atom is 0.202 e. The van der Waals surface area contributed by atoms with Crippen LogP contribution in [0.2, 0.25) is 0 Å². The Balaban J connectivity index is 1.77. The number of aromatic nitrogens is 2. The lowest BCUT2D eigenvalue weighted by molar-refractivity contribution is 0.101. The first-order valence-electron chi connectivity index (χ1n) is 10.3. The predicted octanol–water partition coefficient (Wildman–Crippen LogP) is 3.71. The van der Waals surface area contributed by atoms with Crippen molar-refractivity contribution in [1.82, 2.24) is 9.55 Å². The lowest BCUT2D eigenvalue weighted by Crippen LogP contribution is -2.20. The van der Waals surface area contributed by atoms with Crippen LogP contribution >= 0.6 is 0 Å². The van der Waals surface area contributed by atoms with Gasteiger partial charge in [-0.1, -0.05) is 6.07 Å². The van der Waals surface area contributed by atoms with E-state index in [4.69, 9.17) is 10.5 Å². The molecule has 1 saturated carbocycles. The fourth-order valence-electron chi connectivity index (χ4n) is 3.85. The van der Waals surface area contributed by atoms with Gasteiger partial charge in [-0.15, -0.1) is 0 Å². The van der Waals surface area contributed by atoms with Crippen molar-refractivity contribution < 1.29 is 13.9 Å². The van der Waals surface area contributed by atoms with Gasteiger partial charge in [0.1, 0.15) is 5.69 Å². The van der Waals surface area contributed by atoms with Crippen LogP contribution in [-0.4, -0.2) is 29.0 Å². The molecule has 0 spiro atoms. The molecule has 4 rings (SSSR count). The smallest absolute Gasteiger partial charge is 0.202 e. The highest BCUT2D eigenvalue weighted by molar-refractivity contribution is 6.04. The number of pyridine rings is 2. The number of nitrogen functional groups attached to an aromatic ring is 1. The highest BCUT2D eigenvalue weighted by Gasteiger charge is 2.31. The summed E-state index contributed by atoms with van der Waals surface area (Å²) in [6.07, 6.45) is 6.55. The summed E-state index contributed by atoms with van der Waals surface area (Å²) in [5.74, 6) is -0.905. The van der Waals surface area contributed by atoms with Gasteiger partial charge in [0.2, 0.25) is 5.43 Å². The molecular weight excluding hydrogens is 399 g/mol. The first kappa shape index (κ1) is 20.8. The molecule has 1 aliphatic rings. The Morgan fingerprint density at radius 3 is 2.77 bits per heavy atom. The Kier molecular flexibility index (Phi) is 5.63. The van der Waals surface area contributed by atoms with E-state index in [-0.39, 0.29) is 39.9 Å². The SMILES string of the molecule is COc1c(NCCCc2ccccn2)c(F)c(N)c2c(=O)c(C(C)=O)cn(C3CC3)c12. The number of hydrogen-bond donors (Lipinski definition) is 2. The molecule has 2 heterocycles. The molecule has 1 aliphatic carbocycles. The van der Waals surface area contributed by atoms with E-state index in [2.05, 4.69) is 10.3 Å². The van der Waals surface area contributed by atoms with Gasteiger partial charge in [0, 0.05) is 30.7 Å². The van der Waals surface area contributed by atoms with E-state index >= 15 is 4.39 Å². The van der Waals surface area contributed by atoms with E-state index < -0.39 is 11.2 Å². The van der Waals surface area contributed by atoms with Crippen molar-refractivity contribution >= 4 is 28.1 Å². The molecular formula is C23H25FN4O3. The molecule has 1 fully saturated rings. The third kappa shape index (κ3) is 3.85. The van der Waals surface area contributed by atoms with Crippen LogP contribution in [0.15, 0.2) is 35.4 Å². The molecule has 0 saturated heterocycles. The number of ketones is 1. The van der Waals surface area contributed by atoms with Gasteiger partial charge in [-0.25, -0.2) is 4.39 Å². The number of aryl methyl sites for hydroxylation is 1. The molecule has 0 bridgehead atoms.